The number of hydrogen-bond acceptors (Lipinski definition) is 6. The third-order valence-corrected chi connectivity index (χ3v) is 5.81. The fourth-order valence-electron chi connectivity index (χ4n) is 3.17. The predicted molar refractivity (Wildman–Crippen MR) is 125 cm³/mol. The second-order valence-electron chi connectivity index (χ2n) is 6.98. The highest BCUT2D eigenvalue weighted by Gasteiger charge is 2.34. The van der Waals surface area contributed by atoms with E-state index in [1.807, 2.05) is 26.0 Å². The minimum Gasteiger partial charge on any atom is -0.493 e. The van der Waals surface area contributed by atoms with Gasteiger partial charge in [-0.05, 0) is 66.6 Å². The maximum absolute atomic E-state index is 12.7. The first-order valence-corrected chi connectivity index (χ1v) is 11.2. The van der Waals surface area contributed by atoms with Crippen LogP contribution in [-0.4, -0.2) is 48.8 Å². The van der Waals surface area contributed by atoms with E-state index in [2.05, 4.69) is 5.32 Å². The summed E-state index contributed by atoms with van der Waals surface area (Å²) in [5.41, 5.74) is 2.41. The molecule has 1 saturated heterocycles. The predicted octanol–water partition coefficient (Wildman–Crippen LogP) is 4.12. The van der Waals surface area contributed by atoms with E-state index >= 15 is 0 Å². The molecule has 7 nitrogen and oxygen atoms in total. The quantitative estimate of drug-likeness (QED) is 0.574. The van der Waals surface area contributed by atoms with Crippen molar-refractivity contribution in [3.63, 3.8) is 0 Å². The highest BCUT2D eigenvalue weighted by atomic mass is 32.2. The van der Waals surface area contributed by atoms with Crippen LogP contribution in [0.2, 0.25) is 0 Å². The van der Waals surface area contributed by atoms with Crippen LogP contribution in [0.1, 0.15) is 35.3 Å². The van der Waals surface area contributed by atoms with Gasteiger partial charge in [0.25, 0.3) is 17.1 Å². The molecule has 1 aliphatic rings. The van der Waals surface area contributed by atoms with Gasteiger partial charge in [0.05, 0.1) is 18.6 Å². The summed E-state index contributed by atoms with van der Waals surface area (Å²) in [4.78, 5) is 38.8. The number of imide groups is 1. The maximum Gasteiger partial charge on any atom is 0.293 e. The number of amides is 3. The zero-order valence-electron chi connectivity index (χ0n) is 18.3. The van der Waals surface area contributed by atoms with Crippen molar-refractivity contribution in [2.45, 2.75) is 20.3 Å². The Labute approximate surface area is 191 Å². The fourth-order valence-corrected chi connectivity index (χ4v) is 4.03. The van der Waals surface area contributed by atoms with Gasteiger partial charge in [0.1, 0.15) is 0 Å². The number of nitrogens with one attached hydrogen (secondary N) is 1. The average Bonchev–Trinajstić information content (AvgIpc) is 3.07. The molecule has 0 aliphatic carbocycles. The van der Waals surface area contributed by atoms with Crippen molar-refractivity contribution in [2.24, 2.45) is 0 Å². The Morgan fingerprint density at radius 2 is 1.84 bits per heavy atom. The number of ether oxygens (including phenoxy) is 2. The molecule has 3 amide bonds. The average molecular weight is 455 g/mol. The van der Waals surface area contributed by atoms with Gasteiger partial charge in [-0.2, -0.15) is 0 Å². The number of benzene rings is 2. The topological polar surface area (TPSA) is 84.9 Å². The normalized spacial score (nSPS) is 14.7. The Hall–Kier alpha value is -3.26. The summed E-state index contributed by atoms with van der Waals surface area (Å²) in [5.74, 6) is 0.542. The smallest absolute Gasteiger partial charge is 0.293 e. The lowest BCUT2D eigenvalue weighted by atomic mass is 10.1. The summed E-state index contributed by atoms with van der Waals surface area (Å²) in [6.07, 6.45) is 2.55. The second-order valence-corrected chi connectivity index (χ2v) is 7.98. The number of hydrogen-bond donors (Lipinski definition) is 1. The van der Waals surface area contributed by atoms with Crippen LogP contribution in [-0.2, 0) is 11.2 Å². The van der Waals surface area contributed by atoms with E-state index < -0.39 is 0 Å². The molecule has 1 aliphatic heterocycles. The molecular weight excluding hydrogens is 428 g/mol. The van der Waals surface area contributed by atoms with Crippen LogP contribution in [0.4, 0.5) is 4.79 Å². The minimum atomic E-state index is -0.380. The highest BCUT2D eigenvalue weighted by Crippen LogP contribution is 2.34. The van der Waals surface area contributed by atoms with Gasteiger partial charge in [0.2, 0.25) is 0 Å². The number of methoxy groups -OCH3 is 1. The lowest BCUT2D eigenvalue weighted by Gasteiger charge is -2.13. The Kier molecular flexibility index (Phi) is 7.94. The van der Waals surface area contributed by atoms with Gasteiger partial charge in [0.15, 0.2) is 11.5 Å². The molecule has 2 aromatic carbocycles. The van der Waals surface area contributed by atoms with Gasteiger partial charge >= 0.3 is 0 Å². The number of aryl methyl sites for hydroxylation is 1. The molecule has 2 aromatic rings. The van der Waals surface area contributed by atoms with Gasteiger partial charge in [-0.15, -0.1) is 0 Å². The van der Waals surface area contributed by atoms with Gasteiger partial charge < -0.3 is 14.8 Å². The van der Waals surface area contributed by atoms with Gasteiger partial charge in [-0.3, -0.25) is 19.3 Å². The zero-order chi connectivity index (χ0) is 23.1. The lowest BCUT2D eigenvalue weighted by Crippen LogP contribution is -2.37. The van der Waals surface area contributed by atoms with Gasteiger partial charge in [-0.1, -0.05) is 25.1 Å². The van der Waals surface area contributed by atoms with Crippen LogP contribution >= 0.6 is 11.8 Å². The third kappa shape index (κ3) is 5.50. The van der Waals surface area contributed by atoms with Crippen molar-refractivity contribution in [1.82, 2.24) is 10.2 Å². The molecule has 0 spiro atoms. The molecule has 168 valence electrons. The van der Waals surface area contributed by atoms with Crippen molar-refractivity contribution in [3.05, 3.63) is 64.1 Å². The zero-order valence-corrected chi connectivity index (χ0v) is 19.2. The summed E-state index contributed by atoms with van der Waals surface area (Å²) < 4.78 is 10.8. The standard InChI is InChI=1S/C24H26N2O5S/c1-4-16-6-9-18(10-7-16)22(27)25-12-13-26-23(28)21(32-24(26)29)15-17-8-11-19(31-5-2)20(14-17)30-3/h6-11,14-15H,4-5,12-13H2,1-3H3,(H,25,27)/b21-15-. The molecule has 1 heterocycles. The summed E-state index contributed by atoms with van der Waals surface area (Å²) in [6.45, 7) is 4.72. The monoisotopic (exact) mass is 454 g/mol. The van der Waals surface area contributed by atoms with Gasteiger partial charge in [0, 0.05) is 18.7 Å². The first-order valence-electron chi connectivity index (χ1n) is 10.4. The van der Waals surface area contributed by atoms with Crippen LogP contribution in [0, 0.1) is 0 Å². The third-order valence-electron chi connectivity index (χ3n) is 4.90. The largest absolute Gasteiger partial charge is 0.493 e. The number of carbonyl (C=O) groups excluding carboxylic acids is 3. The van der Waals surface area contributed by atoms with Crippen molar-refractivity contribution in [3.8, 4) is 11.5 Å². The molecule has 8 heteroatoms. The molecule has 1 N–H and O–H groups in total. The van der Waals surface area contributed by atoms with Crippen LogP contribution in [0.5, 0.6) is 11.5 Å². The first kappa shape index (κ1) is 23.4. The van der Waals surface area contributed by atoms with E-state index in [9.17, 15) is 14.4 Å². The summed E-state index contributed by atoms with van der Waals surface area (Å²) in [6, 6.07) is 12.7. The second kappa shape index (κ2) is 10.9. The number of nitrogens with zero attached hydrogens (tertiary/aromatic N) is 1. The summed E-state index contributed by atoms with van der Waals surface area (Å²) >= 11 is 0.878. The molecule has 0 saturated carbocycles. The number of carbonyl (C=O) groups is 3. The first-order chi connectivity index (χ1) is 15.5. The SMILES string of the molecule is CCOc1ccc(/C=C2\SC(=O)N(CCNC(=O)c3ccc(CC)cc3)C2=O)cc1OC. The van der Waals surface area contributed by atoms with E-state index in [-0.39, 0.29) is 30.1 Å². The van der Waals surface area contributed by atoms with E-state index in [4.69, 9.17) is 9.47 Å². The fraction of sp³-hybridized carbons (Fsp3) is 0.292. The van der Waals surface area contributed by atoms with Gasteiger partial charge in [-0.25, -0.2) is 0 Å². The van der Waals surface area contributed by atoms with Crippen molar-refractivity contribution in [1.29, 1.82) is 0 Å². The van der Waals surface area contributed by atoms with E-state index in [0.29, 0.717) is 28.6 Å². The van der Waals surface area contributed by atoms with Crippen molar-refractivity contribution >= 4 is 34.9 Å². The molecule has 0 aromatic heterocycles. The highest BCUT2D eigenvalue weighted by molar-refractivity contribution is 8.18. The molecule has 0 radical (unpaired) electrons. The molecule has 0 unspecified atom stereocenters. The van der Waals surface area contributed by atoms with Crippen LogP contribution in [0.3, 0.4) is 0 Å². The van der Waals surface area contributed by atoms with Crippen molar-refractivity contribution < 1.29 is 23.9 Å². The van der Waals surface area contributed by atoms with Crippen LogP contribution < -0.4 is 14.8 Å². The lowest BCUT2D eigenvalue weighted by molar-refractivity contribution is -0.122. The Bertz CT molecular complexity index is 1030. The van der Waals surface area contributed by atoms with E-state index in [1.54, 1.807) is 43.5 Å². The summed E-state index contributed by atoms with van der Waals surface area (Å²) in [5, 5.41) is 2.40. The number of rotatable bonds is 9. The van der Waals surface area contributed by atoms with Crippen LogP contribution in [0.25, 0.3) is 6.08 Å². The van der Waals surface area contributed by atoms with E-state index in [1.165, 1.54) is 0 Å². The molecule has 1 fully saturated rings. The summed E-state index contributed by atoms with van der Waals surface area (Å²) in [7, 11) is 1.54. The minimum absolute atomic E-state index is 0.105. The molecule has 0 atom stereocenters. The number of thioether (sulfide) groups is 1. The Morgan fingerprint density at radius 1 is 1.09 bits per heavy atom. The Morgan fingerprint density at radius 3 is 2.50 bits per heavy atom. The molecular formula is C24H26N2O5S. The molecule has 3 rings (SSSR count). The van der Waals surface area contributed by atoms with E-state index in [0.717, 1.165) is 34.2 Å². The molecule has 0 bridgehead atoms. The van der Waals surface area contributed by atoms with Crippen LogP contribution in [0.15, 0.2) is 47.4 Å². The van der Waals surface area contributed by atoms with Crippen molar-refractivity contribution in [2.75, 3.05) is 26.8 Å². The molecule has 32 heavy (non-hydrogen) atoms. The Balaban J connectivity index is 1.61. The maximum atomic E-state index is 12.7.